The van der Waals surface area contributed by atoms with Crippen molar-refractivity contribution in [1.29, 1.82) is 0 Å². The Balaban J connectivity index is 1.53. The average molecular weight is 459 g/mol. The first-order valence-corrected chi connectivity index (χ1v) is 12.2. The molecule has 1 atom stereocenters. The van der Waals surface area contributed by atoms with Gasteiger partial charge >= 0.3 is 6.09 Å². The lowest BCUT2D eigenvalue weighted by Gasteiger charge is -2.24. The van der Waals surface area contributed by atoms with Crippen molar-refractivity contribution in [3.63, 3.8) is 0 Å². The topological polar surface area (TPSA) is 89.3 Å². The van der Waals surface area contributed by atoms with Crippen LogP contribution >= 0.6 is 0 Å². The molecule has 4 N–H and O–H groups in total. The Labute approximate surface area is 201 Å². The van der Waals surface area contributed by atoms with Crippen molar-refractivity contribution in [3.8, 4) is 0 Å². The van der Waals surface area contributed by atoms with E-state index < -0.39 is 6.09 Å². The van der Waals surface area contributed by atoms with Gasteiger partial charge in [-0.15, -0.1) is 0 Å². The van der Waals surface area contributed by atoms with Crippen LogP contribution in [0.1, 0.15) is 67.7 Å². The molecule has 3 aromatic rings. The van der Waals surface area contributed by atoms with Crippen LogP contribution < -0.4 is 16.4 Å². The number of nitrogens with zero attached hydrogens (tertiary/aromatic N) is 1. The van der Waals surface area contributed by atoms with E-state index in [9.17, 15) is 4.79 Å². The van der Waals surface area contributed by atoms with E-state index in [2.05, 4.69) is 64.1 Å². The molecule has 1 unspecified atom stereocenters. The third kappa shape index (κ3) is 6.28. The lowest BCUT2D eigenvalue weighted by Crippen LogP contribution is -2.17. The molecule has 0 aliphatic heterocycles. The number of carbonyl (C=O) groups is 1. The van der Waals surface area contributed by atoms with Gasteiger partial charge in [-0.1, -0.05) is 73.9 Å². The van der Waals surface area contributed by atoms with Crippen molar-refractivity contribution in [3.05, 3.63) is 83.4 Å². The number of hydrogen-bond acceptors (Lipinski definition) is 5. The van der Waals surface area contributed by atoms with Crippen molar-refractivity contribution in [2.45, 2.75) is 57.4 Å². The first-order chi connectivity index (χ1) is 16.6. The van der Waals surface area contributed by atoms with E-state index in [1.807, 2.05) is 12.1 Å². The minimum Gasteiger partial charge on any atom is -0.450 e. The monoisotopic (exact) mass is 458 g/mol. The van der Waals surface area contributed by atoms with Gasteiger partial charge in [-0.2, -0.15) is 0 Å². The van der Waals surface area contributed by atoms with E-state index >= 15 is 0 Å². The maximum absolute atomic E-state index is 11.7. The first kappa shape index (κ1) is 23.6. The van der Waals surface area contributed by atoms with E-state index in [-0.39, 0.29) is 11.9 Å². The molecule has 1 aromatic heterocycles. The molecule has 1 saturated carbocycles. The van der Waals surface area contributed by atoms with Crippen molar-refractivity contribution in [2.75, 3.05) is 23.0 Å². The summed E-state index contributed by atoms with van der Waals surface area (Å²) in [5, 5.41) is 6.18. The van der Waals surface area contributed by atoms with Gasteiger partial charge in [-0.3, -0.25) is 5.32 Å². The van der Waals surface area contributed by atoms with E-state index in [1.54, 1.807) is 13.0 Å². The van der Waals surface area contributed by atoms with Crippen LogP contribution in [0.3, 0.4) is 0 Å². The zero-order valence-corrected chi connectivity index (χ0v) is 19.8. The van der Waals surface area contributed by atoms with Gasteiger partial charge in [0.15, 0.2) is 0 Å². The maximum atomic E-state index is 11.7. The summed E-state index contributed by atoms with van der Waals surface area (Å²) in [7, 11) is 0. The molecule has 1 aliphatic carbocycles. The number of benzene rings is 2. The van der Waals surface area contributed by atoms with Crippen molar-refractivity contribution in [2.24, 2.45) is 0 Å². The van der Waals surface area contributed by atoms with Crippen molar-refractivity contribution >= 4 is 23.4 Å². The van der Waals surface area contributed by atoms with E-state index in [0.717, 1.165) is 6.42 Å². The lowest BCUT2D eigenvalue weighted by atomic mass is 9.83. The molecule has 1 aliphatic rings. The molecule has 6 nitrogen and oxygen atoms in total. The largest absolute Gasteiger partial charge is 0.450 e. The van der Waals surface area contributed by atoms with Gasteiger partial charge in [-0.05, 0) is 60.9 Å². The van der Waals surface area contributed by atoms with Crippen LogP contribution in [-0.2, 0) is 11.2 Å². The summed E-state index contributed by atoms with van der Waals surface area (Å²) >= 11 is 0. The van der Waals surface area contributed by atoms with Gasteiger partial charge in [0.2, 0.25) is 0 Å². The van der Waals surface area contributed by atoms with E-state index in [1.165, 1.54) is 48.8 Å². The second kappa shape index (κ2) is 11.5. The molecule has 4 rings (SSSR count). The fraction of sp³-hybridized carbons (Fsp3) is 0.357. The van der Waals surface area contributed by atoms with Gasteiger partial charge in [-0.25, -0.2) is 9.78 Å². The van der Waals surface area contributed by atoms with E-state index in [4.69, 9.17) is 10.5 Å². The van der Waals surface area contributed by atoms with Crippen LogP contribution in [0.25, 0.3) is 0 Å². The average Bonchev–Trinajstić information content (AvgIpc) is 2.87. The quantitative estimate of drug-likeness (QED) is 0.350. The second-order valence-corrected chi connectivity index (χ2v) is 8.86. The summed E-state index contributed by atoms with van der Waals surface area (Å²) in [6, 6.07) is 23.1. The minimum absolute atomic E-state index is 0.0265. The standard InChI is InChI=1S/C28H34N4O2/c1-2-34-28(33)31-24-17-18-26(32-27(24)29)30-25(19-20-9-5-3-6-10-20)23-15-13-22(14-16-23)21-11-7-4-8-12-21/h3,5-6,9-10,13-18,21,25H,2,4,7-8,11-12,19H2,1H3,(H,31,33)(H3,29,30,32). The fourth-order valence-electron chi connectivity index (χ4n) is 4.66. The van der Waals surface area contributed by atoms with Crippen LogP contribution in [0.5, 0.6) is 0 Å². The smallest absolute Gasteiger partial charge is 0.411 e. The Hall–Kier alpha value is -3.54. The molecule has 1 fully saturated rings. The summed E-state index contributed by atoms with van der Waals surface area (Å²) < 4.78 is 4.92. The van der Waals surface area contributed by atoms with Gasteiger partial charge < -0.3 is 15.8 Å². The highest BCUT2D eigenvalue weighted by atomic mass is 16.5. The summed E-state index contributed by atoms with van der Waals surface area (Å²) in [6.07, 6.45) is 6.88. The van der Waals surface area contributed by atoms with Gasteiger partial charge in [0, 0.05) is 0 Å². The summed E-state index contributed by atoms with van der Waals surface area (Å²) in [4.78, 5) is 16.2. The van der Waals surface area contributed by atoms with Gasteiger partial charge in [0.05, 0.1) is 18.3 Å². The maximum Gasteiger partial charge on any atom is 0.411 e. The van der Waals surface area contributed by atoms with Crippen LogP contribution in [0.15, 0.2) is 66.7 Å². The number of pyridine rings is 1. The predicted molar refractivity (Wildman–Crippen MR) is 138 cm³/mol. The number of nitrogen functional groups attached to an aromatic ring is 1. The van der Waals surface area contributed by atoms with Crippen LogP contribution in [0.4, 0.5) is 22.1 Å². The fourth-order valence-corrected chi connectivity index (χ4v) is 4.66. The molecule has 0 saturated heterocycles. The molecule has 178 valence electrons. The molecule has 0 bridgehead atoms. The molecular formula is C28H34N4O2. The number of carbonyl (C=O) groups excluding carboxylic acids is 1. The molecule has 0 radical (unpaired) electrons. The SMILES string of the molecule is CCOC(=O)Nc1ccc(NC(Cc2ccccc2)c2ccc(C3CCCCC3)cc2)nc1N. The number of rotatable bonds is 8. The number of ether oxygens (including phenoxy) is 1. The Bertz CT molecular complexity index is 1060. The lowest BCUT2D eigenvalue weighted by molar-refractivity contribution is 0.168. The normalized spacial score (nSPS) is 14.9. The zero-order chi connectivity index (χ0) is 23.8. The minimum atomic E-state index is -0.545. The Morgan fingerprint density at radius 2 is 1.76 bits per heavy atom. The number of nitrogens with one attached hydrogen (secondary N) is 2. The highest BCUT2D eigenvalue weighted by molar-refractivity contribution is 5.88. The Morgan fingerprint density at radius 1 is 1.03 bits per heavy atom. The van der Waals surface area contributed by atoms with Gasteiger partial charge in [0.25, 0.3) is 0 Å². The molecule has 2 aromatic carbocycles. The van der Waals surface area contributed by atoms with Crippen LogP contribution in [-0.4, -0.2) is 17.7 Å². The number of amides is 1. The number of hydrogen-bond donors (Lipinski definition) is 3. The Morgan fingerprint density at radius 3 is 2.44 bits per heavy atom. The van der Waals surface area contributed by atoms with Crippen LogP contribution in [0, 0.1) is 0 Å². The highest BCUT2D eigenvalue weighted by Crippen LogP contribution is 2.34. The van der Waals surface area contributed by atoms with E-state index in [0.29, 0.717) is 24.0 Å². The number of nitrogens with two attached hydrogens (primary N) is 1. The molecule has 6 heteroatoms. The summed E-state index contributed by atoms with van der Waals surface area (Å²) in [6.45, 7) is 2.04. The highest BCUT2D eigenvalue weighted by Gasteiger charge is 2.18. The third-order valence-corrected chi connectivity index (χ3v) is 6.46. The summed E-state index contributed by atoms with van der Waals surface area (Å²) in [5.41, 5.74) is 10.4. The first-order valence-electron chi connectivity index (χ1n) is 12.2. The Kier molecular flexibility index (Phi) is 8.02. The predicted octanol–water partition coefficient (Wildman–Crippen LogP) is 6.68. The molecule has 0 spiro atoms. The van der Waals surface area contributed by atoms with Gasteiger partial charge in [0.1, 0.15) is 11.6 Å². The molecule has 1 heterocycles. The molecule has 34 heavy (non-hydrogen) atoms. The molecular weight excluding hydrogens is 424 g/mol. The number of aromatic nitrogens is 1. The second-order valence-electron chi connectivity index (χ2n) is 8.86. The van der Waals surface area contributed by atoms with Crippen molar-refractivity contribution < 1.29 is 9.53 Å². The van der Waals surface area contributed by atoms with Crippen molar-refractivity contribution in [1.82, 2.24) is 4.98 Å². The zero-order valence-electron chi connectivity index (χ0n) is 19.8. The van der Waals surface area contributed by atoms with Crippen LogP contribution in [0.2, 0.25) is 0 Å². The molecule has 1 amide bonds. The number of anilines is 3. The third-order valence-electron chi connectivity index (χ3n) is 6.46. The summed E-state index contributed by atoms with van der Waals surface area (Å²) in [5.74, 6) is 1.58.